The number of hydrogen-bond donors (Lipinski definition) is 3. The molecule has 3 N–H and O–H groups in total. The maximum Gasteiger partial charge on any atom is 0.251 e. The Bertz CT molecular complexity index is 575. The molecule has 2 fully saturated rings. The van der Waals surface area contributed by atoms with E-state index in [1.54, 1.807) is 24.3 Å². The molecule has 1 aromatic carbocycles. The second-order valence-electron chi connectivity index (χ2n) is 6.44. The minimum absolute atomic E-state index is 0.0279. The molecule has 0 aliphatic heterocycles. The lowest BCUT2D eigenvalue weighted by molar-refractivity contribution is -0.117. The largest absolute Gasteiger partial charge is 0.394 e. The Morgan fingerprint density at radius 2 is 1.95 bits per heavy atom. The first kappa shape index (κ1) is 15.0. The summed E-state index contributed by atoms with van der Waals surface area (Å²) in [6.07, 6.45) is 5.58. The van der Waals surface area contributed by atoms with Crippen LogP contribution in [0.15, 0.2) is 24.3 Å². The van der Waals surface area contributed by atoms with Gasteiger partial charge >= 0.3 is 0 Å². The van der Waals surface area contributed by atoms with Crippen molar-refractivity contribution in [2.24, 2.45) is 5.92 Å². The quantitative estimate of drug-likeness (QED) is 0.779. The lowest BCUT2D eigenvalue weighted by Gasteiger charge is -2.28. The molecule has 0 heterocycles. The molecule has 2 aliphatic rings. The molecule has 22 heavy (non-hydrogen) atoms. The first-order chi connectivity index (χ1) is 10.6. The molecule has 0 radical (unpaired) electrons. The summed E-state index contributed by atoms with van der Waals surface area (Å²) in [4.78, 5) is 24.2. The molecule has 0 aromatic heterocycles. The maximum atomic E-state index is 12.4. The summed E-state index contributed by atoms with van der Waals surface area (Å²) >= 11 is 0. The van der Waals surface area contributed by atoms with Gasteiger partial charge in [-0.05, 0) is 43.9 Å². The van der Waals surface area contributed by atoms with Gasteiger partial charge in [0.1, 0.15) is 0 Å². The van der Waals surface area contributed by atoms with Crippen LogP contribution in [0.25, 0.3) is 0 Å². The summed E-state index contributed by atoms with van der Waals surface area (Å²) < 4.78 is 0. The average Bonchev–Trinajstić information content (AvgIpc) is 3.28. The van der Waals surface area contributed by atoms with Crippen LogP contribution in [0.4, 0.5) is 5.69 Å². The highest BCUT2D eigenvalue weighted by atomic mass is 16.3. The van der Waals surface area contributed by atoms with Crippen LogP contribution in [0.1, 0.15) is 48.9 Å². The smallest absolute Gasteiger partial charge is 0.251 e. The SMILES string of the molecule is O=C(NC1(CO)CCCC1)c1cccc(NC(=O)C2CC2)c1. The van der Waals surface area contributed by atoms with Gasteiger partial charge in [0, 0.05) is 17.2 Å². The lowest BCUT2D eigenvalue weighted by Crippen LogP contribution is -2.49. The van der Waals surface area contributed by atoms with Crippen molar-refractivity contribution in [3.8, 4) is 0 Å². The summed E-state index contributed by atoms with van der Waals surface area (Å²) in [7, 11) is 0. The number of rotatable bonds is 5. The fraction of sp³-hybridized carbons (Fsp3) is 0.529. The van der Waals surface area contributed by atoms with Crippen LogP contribution in [0.5, 0.6) is 0 Å². The van der Waals surface area contributed by atoms with Crippen molar-refractivity contribution >= 4 is 17.5 Å². The third kappa shape index (κ3) is 3.30. The zero-order valence-electron chi connectivity index (χ0n) is 12.6. The van der Waals surface area contributed by atoms with Crippen molar-refractivity contribution in [3.05, 3.63) is 29.8 Å². The van der Waals surface area contributed by atoms with Crippen LogP contribution >= 0.6 is 0 Å². The molecule has 118 valence electrons. The normalized spacial score (nSPS) is 19.7. The Morgan fingerprint density at radius 1 is 1.23 bits per heavy atom. The van der Waals surface area contributed by atoms with E-state index in [9.17, 15) is 14.7 Å². The van der Waals surface area contributed by atoms with E-state index in [2.05, 4.69) is 10.6 Å². The Morgan fingerprint density at radius 3 is 2.59 bits per heavy atom. The van der Waals surface area contributed by atoms with Crippen molar-refractivity contribution in [2.45, 2.75) is 44.1 Å². The van der Waals surface area contributed by atoms with Gasteiger partial charge in [0.25, 0.3) is 5.91 Å². The van der Waals surface area contributed by atoms with Crippen LogP contribution in [-0.2, 0) is 4.79 Å². The number of anilines is 1. The number of amides is 2. The van der Waals surface area contributed by atoms with Crippen LogP contribution in [0.2, 0.25) is 0 Å². The van der Waals surface area contributed by atoms with Crippen molar-refractivity contribution in [2.75, 3.05) is 11.9 Å². The summed E-state index contributed by atoms with van der Waals surface area (Å²) in [5.74, 6) is -0.0349. The topological polar surface area (TPSA) is 78.4 Å². The van der Waals surface area contributed by atoms with Crippen molar-refractivity contribution in [3.63, 3.8) is 0 Å². The zero-order chi connectivity index (χ0) is 15.6. The molecule has 2 saturated carbocycles. The van der Waals surface area contributed by atoms with Gasteiger partial charge in [0.05, 0.1) is 12.1 Å². The molecule has 2 amide bonds. The maximum absolute atomic E-state index is 12.4. The third-order valence-electron chi connectivity index (χ3n) is 4.58. The minimum atomic E-state index is -0.482. The fourth-order valence-corrected chi connectivity index (χ4v) is 3.02. The van der Waals surface area contributed by atoms with E-state index in [1.165, 1.54) is 0 Å². The van der Waals surface area contributed by atoms with Crippen LogP contribution in [-0.4, -0.2) is 29.1 Å². The van der Waals surface area contributed by atoms with E-state index < -0.39 is 5.54 Å². The van der Waals surface area contributed by atoms with E-state index in [-0.39, 0.29) is 24.3 Å². The van der Waals surface area contributed by atoms with Gasteiger partial charge in [-0.25, -0.2) is 0 Å². The second-order valence-corrected chi connectivity index (χ2v) is 6.44. The number of carbonyl (C=O) groups is 2. The molecule has 0 bridgehead atoms. The van der Waals surface area contributed by atoms with E-state index in [0.717, 1.165) is 38.5 Å². The predicted molar refractivity (Wildman–Crippen MR) is 83.5 cm³/mol. The van der Waals surface area contributed by atoms with Crippen LogP contribution < -0.4 is 10.6 Å². The van der Waals surface area contributed by atoms with Gasteiger partial charge in [0.15, 0.2) is 0 Å². The van der Waals surface area contributed by atoms with Crippen LogP contribution in [0.3, 0.4) is 0 Å². The molecule has 5 heteroatoms. The fourth-order valence-electron chi connectivity index (χ4n) is 3.02. The van der Waals surface area contributed by atoms with Gasteiger partial charge in [-0.1, -0.05) is 18.9 Å². The Hall–Kier alpha value is -1.88. The van der Waals surface area contributed by atoms with E-state index >= 15 is 0 Å². The van der Waals surface area contributed by atoms with E-state index in [1.807, 2.05) is 0 Å². The van der Waals surface area contributed by atoms with Gasteiger partial charge in [-0.2, -0.15) is 0 Å². The standard InChI is InChI=1S/C17H22N2O3/c20-11-17(8-1-2-9-17)19-16(22)13-4-3-5-14(10-13)18-15(21)12-6-7-12/h3-5,10,12,20H,1-2,6-9,11H2,(H,18,21)(H,19,22). The van der Waals surface area contributed by atoms with E-state index in [0.29, 0.717) is 11.3 Å². The number of aliphatic hydroxyl groups excluding tert-OH is 1. The van der Waals surface area contributed by atoms with Gasteiger partial charge < -0.3 is 15.7 Å². The number of carbonyl (C=O) groups excluding carboxylic acids is 2. The lowest BCUT2D eigenvalue weighted by atomic mass is 9.98. The van der Waals surface area contributed by atoms with Crippen LogP contribution in [0, 0.1) is 5.92 Å². The Labute approximate surface area is 130 Å². The molecule has 3 rings (SSSR count). The molecule has 0 unspecified atom stereocenters. The summed E-state index contributed by atoms with van der Waals surface area (Å²) in [5, 5.41) is 15.4. The Balaban J connectivity index is 1.68. The van der Waals surface area contributed by atoms with Crippen molar-refractivity contribution in [1.82, 2.24) is 5.32 Å². The summed E-state index contributed by atoms with van der Waals surface area (Å²) in [6, 6.07) is 6.96. The molecule has 0 spiro atoms. The zero-order valence-corrected chi connectivity index (χ0v) is 12.6. The average molecular weight is 302 g/mol. The van der Waals surface area contributed by atoms with Crippen molar-refractivity contribution < 1.29 is 14.7 Å². The molecule has 2 aliphatic carbocycles. The van der Waals surface area contributed by atoms with Gasteiger partial charge in [-0.15, -0.1) is 0 Å². The predicted octanol–water partition coefficient (Wildman–Crippen LogP) is 2.07. The van der Waals surface area contributed by atoms with Gasteiger partial charge in [-0.3, -0.25) is 9.59 Å². The minimum Gasteiger partial charge on any atom is -0.394 e. The number of hydrogen-bond acceptors (Lipinski definition) is 3. The number of aliphatic hydroxyl groups is 1. The molecule has 5 nitrogen and oxygen atoms in total. The number of nitrogens with one attached hydrogen (secondary N) is 2. The second kappa shape index (κ2) is 6.08. The first-order valence-electron chi connectivity index (χ1n) is 7.96. The van der Waals surface area contributed by atoms with Crippen molar-refractivity contribution in [1.29, 1.82) is 0 Å². The molecule has 0 saturated heterocycles. The molecule has 0 atom stereocenters. The monoisotopic (exact) mass is 302 g/mol. The summed E-state index contributed by atoms with van der Waals surface area (Å²) in [5.41, 5.74) is 0.673. The number of benzene rings is 1. The molecular formula is C17H22N2O3. The molecular weight excluding hydrogens is 280 g/mol. The molecule has 1 aromatic rings. The van der Waals surface area contributed by atoms with E-state index in [4.69, 9.17) is 0 Å². The highest BCUT2D eigenvalue weighted by Gasteiger charge is 2.35. The highest BCUT2D eigenvalue weighted by molar-refractivity contribution is 5.98. The summed E-state index contributed by atoms with van der Waals surface area (Å²) in [6.45, 7) is -0.0309. The Kier molecular flexibility index (Phi) is 4.16. The third-order valence-corrected chi connectivity index (χ3v) is 4.58. The van der Waals surface area contributed by atoms with Gasteiger partial charge in [0.2, 0.25) is 5.91 Å². The first-order valence-corrected chi connectivity index (χ1v) is 7.96. The highest BCUT2D eigenvalue weighted by Crippen LogP contribution is 2.31.